The fourth-order valence-corrected chi connectivity index (χ4v) is 2.93. The summed E-state index contributed by atoms with van der Waals surface area (Å²) in [5.74, 6) is -1.00. The van der Waals surface area contributed by atoms with Crippen LogP contribution in [0.4, 0.5) is 0 Å². The second-order valence-corrected chi connectivity index (χ2v) is 6.80. The maximum absolute atomic E-state index is 11.7. The van der Waals surface area contributed by atoms with Gasteiger partial charge in [0, 0.05) is 18.6 Å². The molecule has 144 valence electrons. The fourth-order valence-electron chi connectivity index (χ4n) is 2.93. The first-order valence-electron chi connectivity index (χ1n) is 9.96. The second kappa shape index (κ2) is 13.6. The molecule has 0 aliphatic carbocycles. The Morgan fingerprint density at radius 2 is 1.20 bits per heavy atom. The molecule has 0 aliphatic rings. The number of hydrogen-bond acceptors (Lipinski definition) is 4. The summed E-state index contributed by atoms with van der Waals surface area (Å²) < 4.78 is 0.741. The molecule has 0 bridgehead atoms. The molecule has 5 heteroatoms. The number of nitrogens with zero attached hydrogens (tertiary/aromatic N) is 1. The van der Waals surface area contributed by atoms with Crippen molar-refractivity contribution in [1.29, 1.82) is 0 Å². The van der Waals surface area contributed by atoms with E-state index in [2.05, 4.69) is 6.92 Å². The molecule has 0 radical (unpaired) electrons. The summed E-state index contributed by atoms with van der Waals surface area (Å²) in [5, 5.41) is 18.8. The molecule has 1 rings (SSSR count). The van der Waals surface area contributed by atoms with Gasteiger partial charge in [0.2, 0.25) is 11.8 Å². The van der Waals surface area contributed by atoms with Crippen molar-refractivity contribution >= 4 is 5.97 Å². The zero-order valence-corrected chi connectivity index (χ0v) is 15.7. The molecule has 0 unspecified atom stereocenters. The van der Waals surface area contributed by atoms with E-state index in [1.54, 1.807) is 0 Å². The average molecular weight is 354 g/mol. The lowest BCUT2D eigenvalue weighted by Crippen LogP contribution is -2.18. The van der Waals surface area contributed by atoms with Gasteiger partial charge in [-0.25, -0.2) is 4.79 Å². The van der Waals surface area contributed by atoms with Gasteiger partial charge in [0.1, 0.15) is 0 Å². The van der Waals surface area contributed by atoms with Crippen LogP contribution in [0.15, 0.2) is 12.1 Å². The maximum atomic E-state index is 11.7. The molecular weight excluding hydrogens is 318 g/mol. The Kier molecular flexibility index (Phi) is 11.7. The Morgan fingerprint density at radius 3 is 1.64 bits per heavy atom. The van der Waals surface area contributed by atoms with E-state index in [1.165, 1.54) is 76.3 Å². The fraction of sp³-hybridized carbons (Fsp3) is 0.750. The van der Waals surface area contributed by atoms with Crippen molar-refractivity contribution in [3.05, 3.63) is 12.1 Å². The Morgan fingerprint density at radius 1 is 0.800 bits per heavy atom. The van der Waals surface area contributed by atoms with E-state index >= 15 is 0 Å². The highest BCUT2D eigenvalue weighted by Gasteiger charge is 2.11. The lowest BCUT2D eigenvalue weighted by molar-refractivity contribution is -0.145. The molecule has 0 fully saturated rings. The zero-order chi connectivity index (χ0) is 18.3. The summed E-state index contributed by atoms with van der Waals surface area (Å²) in [6.45, 7) is 2.25. The molecule has 1 heterocycles. The van der Waals surface area contributed by atoms with E-state index in [-0.39, 0.29) is 11.8 Å². The van der Waals surface area contributed by atoms with Crippen LogP contribution in [0.5, 0.6) is 11.8 Å². The monoisotopic (exact) mass is 353 g/mol. The summed E-state index contributed by atoms with van der Waals surface area (Å²) in [6, 6.07) is 2.54. The highest BCUT2D eigenvalue weighted by Crippen LogP contribution is 2.19. The van der Waals surface area contributed by atoms with E-state index in [9.17, 15) is 15.0 Å². The predicted molar refractivity (Wildman–Crippen MR) is 99.7 cm³/mol. The van der Waals surface area contributed by atoms with Gasteiger partial charge in [0.15, 0.2) is 0 Å². The molecule has 0 saturated heterocycles. The van der Waals surface area contributed by atoms with Gasteiger partial charge in [-0.05, 0) is 6.42 Å². The lowest BCUT2D eigenvalue weighted by atomic mass is 10.0. The molecule has 0 amide bonds. The molecule has 25 heavy (non-hydrogen) atoms. The van der Waals surface area contributed by atoms with Crippen LogP contribution in [0.3, 0.4) is 0 Å². The number of rotatable bonds is 15. The van der Waals surface area contributed by atoms with Crippen molar-refractivity contribution in [2.24, 2.45) is 0 Å². The molecule has 0 aromatic carbocycles. The maximum Gasteiger partial charge on any atom is 0.333 e. The summed E-state index contributed by atoms with van der Waals surface area (Å²) in [4.78, 5) is 16.6. The molecule has 0 atom stereocenters. The van der Waals surface area contributed by atoms with Crippen molar-refractivity contribution < 1.29 is 19.8 Å². The quantitative estimate of drug-likeness (QED) is 0.418. The van der Waals surface area contributed by atoms with Crippen molar-refractivity contribution in [3.63, 3.8) is 0 Å². The Balaban J connectivity index is 1.88. The number of carbonyl (C=O) groups excluding carboxylic acids is 1. The van der Waals surface area contributed by atoms with Crippen LogP contribution in [0, 0.1) is 0 Å². The van der Waals surface area contributed by atoms with Gasteiger partial charge >= 0.3 is 5.97 Å². The minimum absolute atomic E-state index is 0.281. The summed E-state index contributed by atoms with van der Waals surface area (Å²) in [5.41, 5.74) is 0. The third-order valence-corrected chi connectivity index (χ3v) is 4.48. The normalized spacial score (nSPS) is 10.9. The van der Waals surface area contributed by atoms with Crippen molar-refractivity contribution in [2.75, 3.05) is 0 Å². The van der Waals surface area contributed by atoms with Gasteiger partial charge in [-0.15, -0.1) is 4.73 Å². The zero-order valence-electron chi connectivity index (χ0n) is 15.7. The topological polar surface area (TPSA) is 71.7 Å². The third kappa shape index (κ3) is 10.0. The highest BCUT2D eigenvalue weighted by atomic mass is 16.7. The van der Waals surface area contributed by atoms with Gasteiger partial charge in [-0.2, -0.15) is 0 Å². The van der Waals surface area contributed by atoms with Gasteiger partial charge in [0.05, 0.1) is 0 Å². The smallest absolute Gasteiger partial charge is 0.333 e. The van der Waals surface area contributed by atoms with Crippen LogP contribution in [0.2, 0.25) is 0 Å². The number of aromatic hydroxyl groups is 2. The van der Waals surface area contributed by atoms with Crippen LogP contribution < -0.4 is 4.84 Å². The van der Waals surface area contributed by atoms with Crippen LogP contribution >= 0.6 is 0 Å². The van der Waals surface area contributed by atoms with Crippen LogP contribution in [0.25, 0.3) is 0 Å². The van der Waals surface area contributed by atoms with E-state index in [0.717, 1.165) is 24.0 Å². The Bertz CT molecular complexity index is 451. The molecule has 1 aromatic rings. The first-order chi connectivity index (χ1) is 12.1. The van der Waals surface area contributed by atoms with Gasteiger partial charge in [0.25, 0.3) is 0 Å². The van der Waals surface area contributed by atoms with Gasteiger partial charge in [-0.1, -0.05) is 84.0 Å². The minimum Gasteiger partial charge on any atom is -0.492 e. The van der Waals surface area contributed by atoms with Gasteiger partial charge < -0.3 is 15.1 Å². The van der Waals surface area contributed by atoms with Crippen molar-refractivity contribution in [2.45, 2.75) is 96.8 Å². The summed E-state index contributed by atoms with van der Waals surface area (Å²) in [6.07, 6.45) is 16.6. The van der Waals surface area contributed by atoms with Crippen molar-refractivity contribution in [3.8, 4) is 11.8 Å². The largest absolute Gasteiger partial charge is 0.492 e. The van der Waals surface area contributed by atoms with Gasteiger partial charge in [-0.3, -0.25) is 0 Å². The minimum atomic E-state index is -0.440. The van der Waals surface area contributed by atoms with E-state index in [4.69, 9.17) is 4.84 Å². The number of aromatic nitrogens is 1. The molecule has 0 aliphatic heterocycles. The van der Waals surface area contributed by atoms with E-state index in [0.29, 0.717) is 6.42 Å². The molecule has 5 nitrogen and oxygen atoms in total. The number of hydrogen-bond donors (Lipinski definition) is 2. The van der Waals surface area contributed by atoms with E-state index in [1.807, 2.05) is 0 Å². The predicted octanol–water partition coefficient (Wildman–Crippen LogP) is 5.34. The lowest BCUT2D eigenvalue weighted by Gasteiger charge is -2.06. The molecule has 0 saturated carbocycles. The van der Waals surface area contributed by atoms with Crippen LogP contribution in [-0.4, -0.2) is 20.9 Å². The van der Waals surface area contributed by atoms with E-state index < -0.39 is 5.97 Å². The second-order valence-electron chi connectivity index (χ2n) is 6.80. The average Bonchev–Trinajstić information content (AvgIpc) is 2.91. The molecule has 0 spiro atoms. The highest BCUT2D eigenvalue weighted by molar-refractivity contribution is 5.69. The standard InChI is InChI=1S/C20H35NO4/c1-2-3-4-5-6-7-8-9-10-11-12-13-14-15-20(24)25-21-18(22)16-17-19(21)23/h16-17,22-23H,2-15H2,1H3. The Hall–Kier alpha value is -1.65. The third-order valence-electron chi connectivity index (χ3n) is 4.48. The summed E-state index contributed by atoms with van der Waals surface area (Å²) >= 11 is 0. The number of carbonyl (C=O) groups is 1. The SMILES string of the molecule is CCCCCCCCCCCCCCCC(=O)On1c(O)ccc1O. The summed E-state index contributed by atoms with van der Waals surface area (Å²) in [7, 11) is 0. The molecule has 1 aromatic heterocycles. The first-order valence-corrected chi connectivity index (χ1v) is 9.96. The van der Waals surface area contributed by atoms with Crippen LogP contribution in [0.1, 0.15) is 96.8 Å². The first kappa shape index (κ1) is 21.4. The Labute approximate surface area is 152 Å². The molecule has 2 N–H and O–H groups in total. The van der Waals surface area contributed by atoms with Crippen LogP contribution in [-0.2, 0) is 4.79 Å². The number of unbranched alkanes of at least 4 members (excludes halogenated alkanes) is 12. The van der Waals surface area contributed by atoms with Crippen molar-refractivity contribution in [1.82, 2.24) is 4.73 Å². The molecular formula is C20H35NO4.